The Hall–Kier alpha value is -1.12. The van der Waals surface area contributed by atoms with Crippen LogP contribution in [0.25, 0.3) is 0 Å². The molecule has 0 atom stereocenters. The maximum Gasteiger partial charge on any atom is 0.209 e. The van der Waals surface area contributed by atoms with Crippen LogP contribution in [0, 0.1) is 5.82 Å². The van der Waals surface area contributed by atoms with Gasteiger partial charge in [-0.15, -0.1) is 0 Å². The minimum absolute atomic E-state index is 0.170. The fourth-order valence-electron chi connectivity index (χ4n) is 0.422. The van der Waals surface area contributed by atoms with Crippen LogP contribution in [0.15, 0.2) is 18.5 Å². The van der Waals surface area contributed by atoms with Crippen molar-refractivity contribution in [2.75, 3.05) is 5.73 Å². The molecule has 1 heterocycles. The third kappa shape index (κ3) is 0.753. The maximum absolute atomic E-state index is 12.2. The van der Waals surface area contributed by atoms with E-state index in [0.29, 0.717) is 0 Å². The molecular formula is C5H6FN2+. The molecule has 0 aliphatic carbocycles. The Morgan fingerprint density at radius 3 is 2.75 bits per heavy atom. The number of anilines is 1. The van der Waals surface area contributed by atoms with Crippen LogP contribution in [0.4, 0.5) is 10.1 Å². The van der Waals surface area contributed by atoms with Crippen molar-refractivity contribution in [1.29, 1.82) is 0 Å². The monoisotopic (exact) mass is 113 g/mol. The summed E-state index contributed by atoms with van der Waals surface area (Å²) in [4.78, 5) is 2.55. The molecule has 0 aliphatic rings. The normalized spacial score (nSPS) is 9.12. The molecule has 0 amide bonds. The summed E-state index contributed by atoms with van der Waals surface area (Å²) in [6.45, 7) is 0. The summed E-state index contributed by atoms with van der Waals surface area (Å²) >= 11 is 0. The van der Waals surface area contributed by atoms with E-state index < -0.39 is 5.82 Å². The zero-order valence-corrected chi connectivity index (χ0v) is 4.19. The smallest absolute Gasteiger partial charge is 0.209 e. The molecule has 42 valence electrons. The van der Waals surface area contributed by atoms with Gasteiger partial charge >= 0.3 is 0 Å². The second-order valence-corrected chi connectivity index (χ2v) is 1.45. The van der Waals surface area contributed by atoms with Crippen LogP contribution in [0.1, 0.15) is 0 Å². The number of nitrogens with one attached hydrogen (secondary N) is 1. The van der Waals surface area contributed by atoms with Crippen LogP contribution >= 0.6 is 0 Å². The highest BCUT2D eigenvalue weighted by atomic mass is 19.1. The van der Waals surface area contributed by atoms with Crippen molar-refractivity contribution in [3.8, 4) is 0 Å². The summed E-state index contributed by atoms with van der Waals surface area (Å²) in [5.41, 5.74) is 5.29. The average molecular weight is 113 g/mol. The van der Waals surface area contributed by atoms with Crippen LogP contribution in [-0.4, -0.2) is 0 Å². The SMILES string of the molecule is Nc1cc[nH+]cc1F. The predicted octanol–water partition coefficient (Wildman–Crippen LogP) is 0.222. The van der Waals surface area contributed by atoms with E-state index in [9.17, 15) is 4.39 Å². The largest absolute Gasteiger partial charge is 0.396 e. The van der Waals surface area contributed by atoms with Gasteiger partial charge in [-0.25, -0.2) is 4.98 Å². The fraction of sp³-hybridized carbons (Fsp3) is 0. The van der Waals surface area contributed by atoms with Crippen LogP contribution in [0.2, 0.25) is 0 Å². The summed E-state index contributed by atoms with van der Waals surface area (Å²) in [7, 11) is 0. The number of aromatic nitrogens is 1. The van der Waals surface area contributed by atoms with Crippen LogP contribution < -0.4 is 10.7 Å². The number of hydrogen-bond acceptors (Lipinski definition) is 1. The molecule has 0 spiro atoms. The molecule has 0 bridgehead atoms. The van der Waals surface area contributed by atoms with Crippen LogP contribution in [0.5, 0.6) is 0 Å². The summed E-state index contributed by atoms with van der Waals surface area (Å²) < 4.78 is 12.2. The molecule has 0 fully saturated rings. The number of nitrogens with two attached hydrogens (primary N) is 1. The van der Waals surface area contributed by atoms with E-state index in [4.69, 9.17) is 5.73 Å². The zero-order valence-electron chi connectivity index (χ0n) is 4.19. The third-order valence-electron chi connectivity index (χ3n) is 0.845. The summed E-state index contributed by atoms with van der Waals surface area (Å²) in [5, 5.41) is 0. The maximum atomic E-state index is 12.2. The Morgan fingerprint density at radius 1 is 1.62 bits per heavy atom. The van der Waals surface area contributed by atoms with Crippen LogP contribution in [0.3, 0.4) is 0 Å². The molecule has 0 saturated carbocycles. The molecule has 0 aromatic carbocycles. The van der Waals surface area contributed by atoms with Crippen molar-refractivity contribution in [3.05, 3.63) is 24.3 Å². The van der Waals surface area contributed by atoms with Gasteiger partial charge < -0.3 is 5.73 Å². The molecule has 0 radical (unpaired) electrons. The molecule has 0 unspecified atom stereocenters. The van der Waals surface area contributed by atoms with Gasteiger partial charge in [0.25, 0.3) is 0 Å². The lowest BCUT2D eigenvalue weighted by molar-refractivity contribution is -0.380. The van der Waals surface area contributed by atoms with Gasteiger partial charge in [-0.1, -0.05) is 0 Å². The van der Waals surface area contributed by atoms with Gasteiger partial charge in [0.1, 0.15) is 0 Å². The zero-order chi connectivity index (χ0) is 5.98. The second kappa shape index (κ2) is 1.78. The molecule has 1 rings (SSSR count). The van der Waals surface area contributed by atoms with E-state index in [1.54, 1.807) is 6.20 Å². The van der Waals surface area contributed by atoms with Crippen molar-refractivity contribution in [3.63, 3.8) is 0 Å². The van der Waals surface area contributed by atoms with Crippen molar-refractivity contribution in [2.24, 2.45) is 0 Å². The Labute approximate surface area is 46.2 Å². The number of hydrogen-bond donors (Lipinski definition) is 1. The third-order valence-corrected chi connectivity index (χ3v) is 0.845. The first-order chi connectivity index (χ1) is 3.80. The number of pyridine rings is 1. The highest BCUT2D eigenvalue weighted by Gasteiger charge is 1.95. The van der Waals surface area contributed by atoms with E-state index in [1.165, 1.54) is 12.3 Å². The molecule has 0 aliphatic heterocycles. The topological polar surface area (TPSA) is 40.2 Å². The van der Waals surface area contributed by atoms with Gasteiger partial charge in [0.05, 0.1) is 5.69 Å². The molecular weight excluding hydrogens is 107 g/mol. The number of rotatable bonds is 0. The van der Waals surface area contributed by atoms with E-state index in [2.05, 4.69) is 4.98 Å². The summed E-state index contributed by atoms with van der Waals surface area (Å²) in [5.74, 6) is -0.410. The van der Waals surface area contributed by atoms with Gasteiger partial charge in [-0.2, -0.15) is 4.39 Å². The van der Waals surface area contributed by atoms with Gasteiger partial charge in [0, 0.05) is 6.07 Å². The molecule has 1 aromatic rings. The number of halogens is 1. The molecule has 0 saturated heterocycles. The molecule has 2 nitrogen and oxygen atoms in total. The number of nitrogen functional groups attached to an aromatic ring is 1. The Balaban J connectivity index is 3.13. The average Bonchev–Trinajstić information content (AvgIpc) is 1.77. The quantitative estimate of drug-likeness (QED) is 0.513. The second-order valence-electron chi connectivity index (χ2n) is 1.45. The van der Waals surface area contributed by atoms with E-state index in [-0.39, 0.29) is 5.69 Å². The molecule has 1 aromatic heterocycles. The number of H-pyrrole nitrogens is 1. The van der Waals surface area contributed by atoms with Gasteiger partial charge in [0.15, 0.2) is 6.20 Å². The van der Waals surface area contributed by atoms with Crippen LogP contribution in [-0.2, 0) is 0 Å². The minimum Gasteiger partial charge on any atom is -0.396 e. The lowest BCUT2D eigenvalue weighted by atomic mass is 10.4. The fourth-order valence-corrected chi connectivity index (χ4v) is 0.422. The van der Waals surface area contributed by atoms with Gasteiger partial charge in [-0.05, 0) is 0 Å². The minimum atomic E-state index is -0.410. The Kier molecular flexibility index (Phi) is 1.12. The van der Waals surface area contributed by atoms with Crippen molar-refractivity contribution < 1.29 is 9.37 Å². The molecule has 8 heavy (non-hydrogen) atoms. The highest BCUT2D eigenvalue weighted by Crippen LogP contribution is 2.01. The first-order valence-electron chi connectivity index (χ1n) is 2.22. The summed E-state index contributed by atoms with van der Waals surface area (Å²) in [6, 6.07) is 1.47. The molecule has 3 N–H and O–H groups in total. The first-order valence-corrected chi connectivity index (χ1v) is 2.22. The Bertz CT molecular complexity index is 167. The lowest BCUT2D eigenvalue weighted by Crippen LogP contribution is -2.02. The first kappa shape index (κ1) is 5.03. The van der Waals surface area contributed by atoms with Crippen molar-refractivity contribution in [1.82, 2.24) is 0 Å². The number of aromatic amines is 1. The van der Waals surface area contributed by atoms with E-state index in [1.807, 2.05) is 0 Å². The predicted molar refractivity (Wildman–Crippen MR) is 27.4 cm³/mol. The lowest BCUT2D eigenvalue weighted by Gasteiger charge is -1.84. The van der Waals surface area contributed by atoms with E-state index in [0.717, 1.165) is 0 Å². The van der Waals surface area contributed by atoms with E-state index >= 15 is 0 Å². The standard InChI is InChI=1S/C5H5FN2/c6-4-3-8-2-1-5(4)7/h1-3H,(H2,7,8)/p+1. The summed E-state index contributed by atoms with van der Waals surface area (Å²) in [6.07, 6.45) is 2.77. The highest BCUT2D eigenvalue weighted by molar-refractivity contribution is 5.34. The van der Waals surface area contributed by atoms with Gasteiger partial charge in [-0.3, -0.25) is 0 Å². The molecule has 3 heteroatoms. The Morgan fingerprint density at radius 2 is 2.38 bits per heavy atom. The van der Waals surface area contributed by atoms with Crippen molar-refractivity contribution >= 4 is 5.69 Å². The van der Waals surface area contributed by atoms with Gasteiger partial charge in [0.2, 0.25) is 12.0 Å². The van der Waals surface area contributed by atoms with Crippen molar-refractivity contribution in [2.45, 2.75) is 0 Å².